The van der Waals surface area contributed by atoms with Crippen LogP contribution in [0.25, 0.3) is 11.2 Å². The Labute approximate surface area is 139 Å². The highest BCUT2D eigenvalue weighted by Gasteiger charge is 2.20. The van der Waals surface area contributed by atoms with Gasteiger partial charge in [0.25, 0.3) is 11.8 Å². The molecule has 0 atom stereocenters. The van der Waals surface area contributed by atoms with Gasteiger partial charge in [0.1, 0.15) is 5.52 Å². The second kappa shape index (κ2) is 8.35. The molecule has 21 heavy (non-hydrogen) atoms. The normalized spacial score (nSPS) is 10.5. The van der Waals surface area contributed by atoms with Gasteiger partial charge in [-0.15, -0.1) is 0 Å². The summed E-state index contributed by atoms with van der Waals surface area (Å²) in [6.07, 6.45) is 2.00. The van der Waals surface area contributed by atoms with Gasteiger partial charge < -0.3 is 7.80 Å². The molecule has 2 heterocycles. The van der Waals surface area contributed by atoms with Crippen molar-refractivity contribution < 1.29 is 7.80 Å². The lowest BCUT2D eigenvalue weighted by atomic mass is 10.2. The molecule has 118 valence electrons. The van der Waals surface area contributed by atoms with E-state index in [-0.39, 0.29) is 0 Å². The van der Waals surface area contributed by atoms with E-state index in [0.717, 1.165) is 29.7 Å². The SMILES string of the molecule is CC.CCC(CC)n1nc(C)c2nc(OI)c(OC)nc21. The molecule has 7 heteroatoms. The Morgan fingerprint density at radius 1 is 1.14 bits per heavy atom. The highest BCUT2D eigenvalue weighted by Crippen LogP contribution is 2.30. The average molecular weight is 406 g/mol. The van der Waals surface area contributed by atoms with E-state index < -0.39 is 0 Å². The van der Waals surface area contributed by atoms with Gasteiger partial charge in [0, 0.05) is 0 Å². The number of halogens is 1. The average Bonchev–Trinajstić information content (AvgIpc) is 2.85. The smallest absolute Gasteiger partial charge is 0.288 e. The van der Waals surface area contributed by atoms with Crippen molar-refractivity contribution in [3.05, 3.63) is 5.69 Å². The van der Waals surface area contributed by atoms with Crippen molar-refractivity contribution in [3.63, 3.8) is 0 Å². The van der Waals surface area contributed by atoms with Gasteiger partial charge >= 0.3 is 0 Å². The lowest BCUT2D eigenvalue weighted by Crippen LogP contribution is -2.10. The van der Waals surface area contributed by atoms with Crippen LogP contribution in [0, 0.1) is 6.92 Å². The van der Waals surface area contributed by atoms with Gasteiger partial charge in [-0.3, -0.25) is 0 Å². The maximum atomic E-state index is 5.21. The zero-order chi connectivity index (χ0) is 16.0. The summed E-state index contributed by atoms with van der Waals surface area (Å²) in [6.45, 7) is 10.2. The molecule has 0 radical (unpaired) electrons. The molecule has 0 unspecified atom stereocenters. The van der Waals surface area contributed by atoms with E-state index in [1.165, 1.54) is 0 Å². The number of methoxy groups -OCH3 is 1. The molecule has 0 aliphatic carbocycles. The van der Waals surface area contributed by atoms with Crippen molar-refractivity contribution in [2.75, 3.05) is 7.11 Å². The van der Waals surface area contributed by atoms with Gasteiger partial charge in [0.05, 0.1) is 18.8 Å². The van der Waals surface area contributed by atoms with Crippen LogP contribution in [0.4, 0.5) is 0 Å². The summed E-state index contributed by atoms with van der Waals surface area (Å²) >= 11 is 1.77. The molecular weight excluding hydrogens is 383 g/mol. The zero-order valence-electron chi connectivity index (χ0n) is 13.5. The molecule has 6 nitrogen and oxygen atoms in total. The Hall–Kier alpha value is -1.12. The monoisotopic (exact) mass is 406 g/mol. The molecule has 0 bridgehead atoms. The number of ether oxygens (including phenoxy) is 1. The Kier molecular flexibility index (Phi) is 7.13. The first-order valence-corrected chi connectivity index (χ1v) is 8.13. The van der Waals surface area contributed by atoms with Crippen molar-refractivity contribution in [3.8, 4) is 11.8 Å². The van der Waals surface area contributed by atoms with Crippen LogP contribution in [0.1, 0.15) is 52.3 Å². The number of aryl methyl sites for hydroxylation is 1. The van der Waals surface area contributed by atoms with Gasteiger partial charge in [0.2, 0.25) is 0 Å². The third-order valence-corrected chi connectivity index (χ3v) is 3.60. The first-order valence-electron chi connectivity index (χ1n) is 7.25. The highest BCUT2D eigenvalue weighted by atomic mass is 127. The fourth-order valence-corrected chi connectivity index (χ4v) is 2.41. The quantitative estimate of drug-likeness (QED) is 0.695. The Balaban J connectivity index is 0.00000106. The maximum Gasteiger partial charge on any atom is 0.288 e. The molecule has 0 aliphatic rings. The molecule has 0 saturated heterocycles. The molecule has 0 amide bonds. The first kappa shape index (κ1) is 17.9. The van der Waals surface area contributed by atoms with Gasteiger partial charge in [-0.1, -0.05) is 27.7 Å². The summed E-state index contributed by atoms with van der Waals surface area (Å²) in [6, 6.07) is 0.321. The molecule has 0 fully saturated rings. The van der Waals surface area contributed by atoms with Crippen LogP contribution < -0.4 is 7.80 Å². The van der Waals surface area contributed by atoms with Crippen LogP contribution in [0.5, 0.6) is 11.8 Å². The van der Waals surface area contributed by atoms with E-state index in [1.54, 1.807) is 30.1 Å². The summed E-state index contributed by atoms with van der Waals surface area (Å²) in [5.74, 6) is 0.761. The van der Waals surface area contributed by atoms with Crippen LogP contribution in [0.3, 0.4) is 0 Å². The van der Waals surface area contributed by atoms with Crippen LogP contribution in [0.2, 0.25) is 0 Å². The second-order valence-electron chi connectivity index (χ2n) is 4.29. The van der Waals surface area contributed by atoms with Gasteiger partial charge in [0.15, 0.2) is 28.7 Å². The molecule has 0 aromatic carbocycles. The molecule has 0 saturated carbocycles. The lowest BCUT2D eigenvalue weighted by molar-refractivity contribution is 0.380. The molecule has 2 aromatic rings. The van der Waals surface area contributed by atoms with Crippen LogP contribution in [-0.4, -0.2) is 26.9 Å². The Bertz CT molecular complexity index is 582. The highest BCUT2D eigenvalue weighted by molar-refractivity contribution is 14.1. The third kappa shape index (κ3) is 3.56. The van der Waals surface area contributed by atoms with Crippen molar-refractivity contribution in [2.24, 2.45) is 0 Å². The predicted octanol–water partition coefficient (Wildman–Crippen LogP) is 4.26. The van der Waals surface area contributed by atoms with E-state index in [4.69, 9.17) is 7.80 Å². The van der Waals surface area contributed by atoms with E-state index in [1.807, 2.05) is 25.5 Å². The summed E-state index contributed by atoms with van der Waals surface area (Å²) in [4.78, 5) is 8.92. The van der Waals surface area contributed by atoms with Gasteiger partial charge in [-0.05, 0) is 19.8 Å². The minimum atomic E-state index is 0.321. The summed E-state index contributed by atoms with van der Waals surface area (Å²) in [5.41, 5.74) is 2.37. The van der Waals surface area contributed by atoms with E-state index >= 15 is 0 Å². The van der Waals surface area contributed by atoms with Crippen molar-refractivity contribution in [1.82, 2.24) is 19.7 Å². The number of hydrogen-bond donors (Lipinski definition) is 0. The van der Waals surface area contributed by atoms with Crippen molar-refractivity contribution >= 4 is 34.2 Å². The van der Waals surface area contributed by atoms with E-state index in [0.29, 0.717) is 17.8 Å². The van der Waals surface area contributed by atoms with E-state index in [9.17, 15) is 0 Å². The zero-order valence-corrected chi connectivity index (χ0v) is 15.6. The fraction of sp³-hybridized carbons (Fsp3) is 0.643. The fourth-order valence-electron chi connectivity index (χ4n) is 2.13. The molecular formula is C14H23IN4O2. The van der Waals surface area contributed by atoms with Crippen LogP contribution >= 0.6 is 23.0 Å². The maximum absolute atomic E-state index is 5.21. The molecule has 0 N–H and O–H groups in total. The Morgan fingerprint density at radius 2 is 1.76 bits per heavy atom. The number of aromatic nitrogens is 4. The van der Waals surface area contributed by atoms with Gasteiger partial charge in [-0.25, -0.2) is 9.67 Å². The minimum Gasteiger partial charge on any atom is -0.477 e. The molecule has 0 spiro atoms. The number of nitrogens with zero attached hydrogens (tertiary/aromatic N) is 4. The van der Waals surface area contributed by atoms with Crippen molar-refractivity contribution in [2.45, 2.75) is 53.5 Å². The molecule has 0 aliphatic heterocycles. The van der Waals surface area contributed by atoms with E-state index in [2.05, 4.69) is 28.9 Å². The number of fused-ring (bicyclic) bond motifs is 1. The minimum absolute atomic E-state index is 0.321. The first-order chi connectivity index (χ1) is 10.2. The van der Waals surface area contributed by atoms with Crippen LogP contribution in [-0.2, 0) is 0 Å². The summed E-state index contributed by atoms with van der Waals surface area (Å²) < 4.78 is 12.3. The lowest BCUT2D eigenvalue weighted by Gasteiger charge is -2.13. The predicted molar refractivity (Wildman–Crippen MR) is 92.2 cm³/mol. The van der Waals surface area contributed by atoms with Crippen molar-refractivity contribution in [1.29, 1.82) is 0 Å². The Morgan fingerprint density at radius 3 is 2.24 bits per heavy atom. The second-order valence-corrected chi connectivity index (χ2v) is 4.73. The van der Waals surface area contributed by atoms with Crippen LogP contribution in [0.15, 0.2) is 0 Å². The summed E-state index contributed by atoms with van der Waals surface area (Å²) in [5, 5.41) is 4.56. The largest absolute Gasteiger partial charge is 0.477 e. The third-order valence-electron chi connectivity index (χ3n) is 3.19. The van der Waals surface area contributed by atoms with Gasteiger partial charge in [-0.2, -0.15) is 10.1 Å². The summed E-state index contributed by atoms with van der Waals surface area (Å²) in [7, 11) is 1.56. The number of rotatable bonds is 5. The molecule has 2 rings (SSSR count). The molecule has 2 aromatic heterocycles. The standard InChI is InChI=1S/C12H17IN4O2.C2H6/c1-5-8(6-2)17-10-9(7(3)16-17)14-12(19-13)11(15-10)18-4;1-2/h8H,5-6H2,1-4H3;1-2H3. The topological polar surface area (TPSA) is 62.1 Å². The number of hydrogen-bond acceptors (Lipinski definition) is 5.